The van der Waals surface area contributed by atoms with E-state index in [0.29, 0.717) is 24.5 Å². The summed E-state index contributed by atoms with van der Waals surface area (Å²) in [5.74, 6) is 1.20. The number of aromatic nitrogens is 1. The predicted octanol–water partition coefficient (Wildman–Crippen LogP) is 3.19. The van der Waals surface area contributed by atoms with E-state index in [1.807, 2.05) is 6.92 Å². The number of aryl methyl sites for hydroxylation is 1. The molecule has 0 atom stereocenters. The molecule has 9 heteroatoms. The molecule has 1 aromatic heterocycles. The lowest BCUT2D eigenvalue weighted by Gasteiger charge is -2.08. The number of nitro benzene ring substituents is 1. The highest BCUT2D eigenvalue weighted by Crippen LogP contribution is 2.29. The zero-order valence-corrected chi connectivity index (χ0v) is 12.7. The van der Waals surface area contributed by atoms with Crippen molar-refractivity contribution in [1.82, 2.24) is 5.16 Å². The van der Waals surface area contributed by atoms with E-state index in [1.165, 1.54) is 18.2 Å². The minimum Gasteiger partial charge on any atom is -0.494 e. The van der Waals surface area contributed by atoms with Crippen LogP contribution in [0.4, 0.5) is 22.0 Å². The van der Waals surface area contributed by atoms with E-state index in [4.69, 9.17) is 9.26 Å². The Hall–Kier alpha value is -3.10. The van der Waals surface area contributed by atoms with Gasteiger partial charge in [-0.2, -0.15) is 0 Å². The summed E-state index contributed by atoms with van der Waals surface area (Å²) in [5.41, 5.74) is -0.212. The summed E-state index contributed by atoms with van der Waals surface area (Å²) in [5, 5.41) is 19.6. The lowest BCUT2D eigenvalue weighted by atomic mass is 10.2. The van der Waals surface area contributed by atoms with Gasteiger partial charge in [-0.15, -0.1) is 0 Å². The summed E-state index contributed by atoms with van der Waals surface area (Å²) < 4.78 is 10.2. The van der Waals surface area contributed by atoms with Crippen LogP contribution in [0.2, 0.25) is 0 Å². The van der Waals surface area contributed by atoms with Crippen molar-refractivity contribution in [3.8, 4) is 5.75 Å². The molecular formula is C14H16N4O5. The monoisotopic (exact) mass is 320 g/mol. The predicted molar refractivity (Wildman–Crippen MR) is 82.8 cm³/mol. The van der Waals surface area contributed by atoms with E-state index in [0.717, 1.165) is 0 Å². The molecule has 2 aromatic rings. The third-order valence-corrected chi connectivity index (χ3v) is 2.87. The first-order chi connectivity index (χ1) is 11.0. The van der Waals surface area contributed by atoms with E-state index in [2.05, 4.69) is 15.8 Å². The van der Waals surface area contributed by atoms with Crippen LogP contribution in [-0.2, 0) is 6.42 Å². The summed E-state index contributed by atoms with van der Waals surface area (Å²) in [4.78, 5) is 22.4. The fraction of sp³-hybridized carbons (Fsp3) is 0.286. The molecule has 1 heterocycles. The number of carbonyl (C=O) groups excluding carboxylic acids is 1. The van der Waals surface area contributed by atoms with Crippen LogP contribution in [0.5, 0.6) is 5.75 Å². The number of ether oxygens (including phenoxy) is 1. The minimum absolute atomic E-state index is 0.0511. The van der Waals surface area contributed by atoms with E-state index in [-0.39, 0.29) is 17.2 Å². The third kappa shape index (κ3) is 4.19. The molecule has 0 spiro atoms. The van der Waals surface area contributed by atoms with Gasteiger partial charge in [-0.3, -0.25) is 15.4 Å². The largest absolute Gasteiger partial charge is 0.494 e. The highest BCUT2D eigenvalue weighted by molar-refractivity contribution is 6.00. The normalized spacial score (nSPS) is 10.2. The SMILES string of the molecule is CCOc1ccc(NC(=O)Nc2cc(CC)on2)c([N+](=O)[O-])c1. The smallest absolute Gasteiger partial charge is 0.325 e. The molecule has 1 aromatic carbocycles. The van der Waals surface area contributed by atoms with Gasteiger partial charge in [0.05, 0.1) is 17.6 Å². The van der Waals surface area contributed by atoms with Crippen LogP contribution in [-0.4, -0.2) is 22.7 Å². The number of hydrogen-bond acceptors (Lipinski definition) is 6. The molecule has 0 aliphatic carbocycles. The van der Waals surface area contributed by atoms with Crippen LogP contribution >= 0.6 is 0 Å². The average Bonchev–Trinajstić information content (AvgIpc) is 2.96. The first-order valence-electron chi connectivity index (χ1n) is 6.98. The van der Waals surface area contributed by atoms with Crippen molar-refractivity contribution in [3.63, 3.8) is 0 Å². The second kappa shape index (κ2) is 7.25. The lowest BCUT2D eigenvalue weighted by molar-refractivity contribution is -0.384. The molecule has 0 aliphatic rings. The zero-order chi connectivity index (χ0) is 16.8. The van der Waals surface area contributed by atoms with Crippen molar-refractivity contribution >= 4 is 23.2 Å². The summed E-state index contributed by atoms with van der Waals surface area (Å²) in [7, 11) is 0. The second-order valence-electron chi connectivity index (χ2n) is 4.48. The summed E-state index contributed by atoms with van der Waals surface area (Å²) in [6.07, 6.45) is 0.640. The Bertz CT molecular complexity index is 713. The summed E-state index contributed by atoms with van der Waals surface area (Å²) >= 11 is 0. The average molecular weight is 320 g/mol. The van der Waals surface area contributed by atoms with Crippen LogP contribution in [0, 0.1) is 10.1 Å². The van der Waals surface area contributed by atoms with Gasteiger partial charge in [0.25, 0.3) is 5.69 Å². The van der Waals surface area contributed by atoms with Gasteiger partial charge in [-0.1, -0.05) is 12.1 Å². The van der Waals surface area contributed by atoms with Gasteiger partial charge in [0.2, 0.25) is 0 Å². The number of nitrogens with one attached hydrogen (secondary N) is 2. The van der Waals surface area contributed by atoms with Gasteiger partial charge < -0.3 is 14.6 Å². The first-order valence-corrected chi connectivity index (χ1v) is 6.98. The van der Waals surface area contributed by atoms with Gasteiger partial charge >= 0.3 is 6.03 Å². The van der Waals surface area contributed by atoms with Gasteiger partial charge in [-0.05, 0) is 19.1 Å². The van der Waals surface area contributed by atoms with Gasteiger partial charge in [-0.25, -0.2) is 4.79 Å². The van der Waals surface area contributed by atoms with Gasteiger partial charge in [0, 0.05) is 12.5 Å². The summed E-state index contributed by atoms with van der Waals surface area (Å²) in [6.45, 7) is 4.04. The van der Waals surface area contributed by atoms with E-state index < -0.39 is 11.0 Å². The number of anilines is 2. The van der Waals surface area contributed by atoms with Crippen LogP contribution in [0.1, 0.15) is 19.6 Å². The number of amides is 2. The number of rotatable bonds is 6. The highest BCUT2D eigenvalue weighted by Gasteiger charge is 2.18. The minimum atomic E-state index is -0.659. The number of nitro groups is 1. The second-order valence-corrected chi connectivity index (χ2v) is 4.48. The van der Waals surface area contributed by atoms with E-state index in [9.17, 15) is 14.9 Å². The van der Waals surface area contributed by atoms with Crippen molar-refractivity contribution in [2.75, 3.05) is 17.2 Å². The molecule has 2 rings (SSSR count). The Kier molecular flexibility index (Phi) is 5.13. The lowest BCUT2D eigenvalue weighted by Crippen LogP contribution is -2.20. The molecule has 0 radical (unpaired) electrons. The molecule has 2 N–H and O–H groups in total. The van der Waals surface area contributed by atoms with Crippen molar-refractivity contribution in [3.05, 3.63) is 40.1 Å². The van der Waals surface area contributed by atoms with Gasteiger partial charge in [0.1, 0.15) is 17.2 Å². The quantitative estimate of drug-likeness (QED) is 0.623. The van der Waals surface area contributed by atoms with Crippen molar-refractivity contribution in [1.29, 1.82) is 0 Å². The van der Waals surface area contributed by atoms with E-state index >= 15 is 0 Å². The Morgan fingerprint density at radius 3 is 2.74 bits per heavy atom. The van der Waals surface area contributed by atoms with Crippen molar-refractivity contribution in [2.45, 2.75) is 20.3 Å². The molecule has 2 amide bonds. The topological polar surface area (TPSA) is 120 Å². The molecule has 0 bridgehead atoms. The number of urea groups is 1. The zero-order valence-electron chi connectivity index (χ0n) is 12.7. The Morgan fingerprint density at radius 2 is 2.13 bits per heavy atom. The first kappa shape index (κ1) is 16.3. The molecule has 0 saturated carbocycles. The van der Waals surface area contributed by atoms with Crippen molar-refractivity contribution in [2.24, 2.45) is 0 Å². The highest BCUT2D eigenvalue weighted by atomic mass is 16.6. The van der Waals surface area contributed by atoms with Crippen LogP contribution in [0.25, 0.3) is 0 Å². The number of benzene rings is 1. The third-order valence-electron chi connectivity index (χ3n) is 2.87. The molecule has 0 saturated heterocycles. The van der Waals surface area contributed by atoms with Crippen LogP contribution in [0.15, 0.2) is 28.8 Å². The molecule has 0 fully saturated rings. The van der Waals surface area contributed by atoms with E-state index in [1.54, 1.807) is 13.0 Å². The maximum Gasteiger partial charge on any atom is 0.325 e. The molecule has 0 aliphatic heterocycles. The Labute approximate surface area is 131 Å². The number of carbonyl (C=O) groups is 1. The molecule has 0 unspecified atom stereocenters. The fourth-order valence-corrected chi connectivity index (χ4v) is 1.83. The number of hydrogen-bond donors (Lipinski definition) is 2. The molecule has 23 heavy (non-hydrogen) atoms. The maximum atomic E-state index is 11.9. The number of nitrogens with zero attached hydrogens (tertiary/aromatic N) is 2. The molecule has 122 valence electrons. The summed E-state index contributed by atoms with van der Waals surface area (Å²) in [6, 6.07) is 5.12. The maximum absolute atomic E-state index is 11.9. The molecular weight excluding hydrogens is 304 g/mol. The Balaban J connectivity index is 2.11. The standard InChI is InChI=1S/C14H16N4O5/c1-3-9-8-13(17-23-9)16-14(19)15-11-6-5-10(22-4-2)7-12(11)18(20)21/h5-8H,3-4H2,1-2H3,(H2,15,16,17,19). The van der Waals surface area contributed by atoms with Crippen LogP contribution < -0.4 is 15.4 Å². The fourth-order valence-electron chi connectivity index (χ4n) is 1.83. The Morgan fingerprint density at radius 1 is 1.35 bits per heavy atom. The van der Waals surface area contributed by atoms with Gasteiger partial charge in [0.15, 0.2) is 5.82 Å². The molecule has 9 nitrogen and oxygen atoms in total. The van der Waals surface area contributed by atoms with Crippen molar-refractivity contribution < 1.29 is 19.0 Å². The van der Waals surface area contributed by atoms with Crippen LogP contribution in [0.3, 0.4) is 0 Å².